The van der Waals surface area contributed by atoms with Crippen molar-refractivity contribution in [3.63, 3.8) is 0 Å². The molecule has 5 aliphatic heterocycles. The van der Waals surface area contributed by atoms with Gasteiger partial charge in [0.2, 0.25) is 0 Å². The fourth-order valence-electron chi connectivity index (χ4n) is 5.34. The van der Waals surface area contributed by atoms with E-state index >= 15 is 0 Å². The summed E-state index contributed by atoms with van der Waals surface area (Å²) in [6.45, 7) is 7.27. The number of nitrogens with one attached hydrogen (secondary N) is 2. The van der Waals surface area contributed by atoms with Gasteiger partial charge in [-0.15, -0.1) is 0 Å². The van der Waals surface area contributed by atoms with Gasteiger partial charge >= 0.3 is 0 Å². The van der Waals surface area contributed by atoms with E-state index in [2.05, 4.69) is 35.5 Å². The highest BCUT2D eigenvalue weighted by Gasteiger charge is 2.43. The molecule has 1 fully saturated rings. The number of allylic oxidation sites excluding steroid dienone is 1. The molecule has 0 atom stereocenters. The van der Waals surface area contributed by atoms with Crippen molar-refractivity contribution >= 4 is 11.8 Å². The Morgan fingerprint density at radius 3 is 2.31 bits per heavy atom. The number of nitrogens with zero attached hydrogens (tertiary/aromatic N) is 1. The van der Waals surface area contributed by atoms with Crippen LogP contribution in [0.3, 0.4) is 0 Å². The highest BCUT2D eigenvalue weighted by atomic mass is 16.5. The standard InChI is InChI=1S/C35H41N3O7/c1-24(2)13-17-38-18-14-35(15-19-38)34(40)37-23-26-5-7-29(22-31(26)42-4)44-32-21-25(6-12-30(32)41-3)33(39)36-16-20-43-27-8-10-28(45-35)11-9-27/h5-13,21-22H,14-20,23H2,1-4H3,(H,36,39)(H,37,40). The predicted molar refractivity (Wildman–Crippen MR) is 171 cm³/mol. The Kier molecular flexibility index (Phi) is 10.1. The molecular weight excluding hydrogens is 574 g/mol. The summed E-state index contributed by atoms with van der Waals surface area (Å²) >= 11 is 0. The van der Waals surface area contributed by atoms with Crippen LogP contribution in [0.5, 0.6) is 34.5 Å². The van der Waals surface area contributed by atoms with Crippen molar-refractivity contribution in [2.24, 2.45) is 0 Å². The number of piperidine rings is 1. The minimum Gasteiger partial charge on any atom is -0.496 e. The van der Waals surface area contributed by atoms with Crippen LogP contribution >= 0.6 is 0 Å². The molecule has 5 heterocycles. The van der Waals surface area contributed by atoms with Crippen molar-refractivity contribution in [3.05, 3.63) is 83.4 Å². The number of carbonyl (C=O) groups is 2. The van der Waals surface area contributed by atoms with Crippen molar-refractivity contribution in [2.45, 2.75) is 38.8 Å². The van der Waals surface area contributed by atoms with E-state index in [0.29, 0.717) is 59.4 Å². The summed E-state index contributed by atoms with van der Waals surface area (Å²) in [4.78, 5) is 29.1. The molecule has 0 saturated carbocycles. The Balaban J connectivity index is 1.43. The third-order valence-electron chi connectivity index (χ3n) is 7.98. The van der Waals surface area contributed by atoms with Gasteiger partial charge in [0.1, 0.15) is 29.6 Å². The van der Waals surface area contributed by atoms with Crippen LogP contribution in [-0.2, 0) is 11.3 Å². The first-order valence-electron chi connectivity index (χ1n) is 15.2. The lowest BCUT2D eigenvalue weighted by Gasteiger charge is -2.40. The molecule has 1 saturated heterocycles. The van der Waals surface area contributed by atoms with E-state index in [4.69, 9.17) is 23.7 Å². The van der Waals surface area contributed by atoms with Gasteiger partial charge in [-0.25, -0.2) is 0 Å². The maximum Gasteiger partial charge on any atom is 0.264 e. The molecule has 8 rings (SSSR count). The minimum absolute atomic E-state index is 0.175. The van der Waals surface area contributed by atoms with Gasteiger partial charge in [-0.2, -0.15) is 0 Å². The van der Waals surface area contributed by atoms with Crippen LogP contribution in [-0.4, -0.2) is 69.3 Å². The number of amides is 2. The van der Waals surface area contributed by atoms with Crippen LogP contribution in [0.2, 0.25) is 0 Å². The lowest BCUT2D eigenvalue weighted by Crippen LogP contribution is -2.57. The van der Waals surface area contributed by atoms with Crippen molar-refractivity contribution in [2.75, 3.05) is 47.0 Å². The maximum absolute atomic E-state index is 13.9. The fraction of sp³-hybridized carbons (Fsp3) is 0.371. The summed E-state index contributed by atoms with van der Waals surface area (Å²) in [5, 5.41) is 5.99. The summed E-state index contributed by atoms with van der Waals surface area (Å²) in [5.41, 5.74) is 1.42. The first-order valence-corrected chi connectivity index (χ1v) is 15.2. The van der Waals surface area contributed by atoms with Crippen LogP contribution in [0.4, 0.5) is 0 Å². The van der Waals surface area contributed by atoms with E-state index in [1.165, 1.54) is 12.7 Å². The molecule has 238 valence electrons. The summed E-state index contributed by atoms with van der Waals surface area (Å²) in [6, 6.07) is 17.6. The molecule has 3 aromatic carbocycles. The van der Waals surface area contributed by atoms with Gasteiger partial charge in [0.05, 0.1) is 20.8 Å². The summed E-state index contributed by atoms with van der Waals surface area (Å²) < 4.78 is 29.6. The van der Waals surface area contributed by atoms with E-state index in [1.807, 2.05) is 18.2 Å². The third-order valence-corrected chi connectivity index (χ3v) is 7.98. The van der Waals surface area contributed by atoms with Gasteiger partial charge in [0.15, 0.2) is 17.1 Å². The third kappa shape index (κ3) is 7.88. The summed E-state index contributed by atoms with van der Waals surface area (Å²) in [7, 11) is 3.11. The maximum atomic E-state index is 13.9. The number of carbonyl (C=O) groups excluding carboxylic acids is 2. The smallest absolute Gasteiger partial charge is 0.264 e. The second kappa shape index (κ2) is 14.4. The molecule has 45 heavy (non-hydrogen) atoms. The molecule has 5 aliphatic rings. The minimum atomic E-state index is -1.04. The zero-order chi connectivity index (χ0) is 31.8. The Hall–Kier alpha value is -4.70. The predicted octanol–water partition coefficient (Wildman–Crippen LogP) is 5.11. The van der Waals surface area contributed by atoms with E-state index in [9.17, 15) is 9.59 Å². The average Bonchev–Trinajstić information content (AvgIpc) is 3.05. The quantitative estimate of drug-likeness (QED) is 0.390. The Bertz CT molecular complexity index is 1520. The summed E-state index contributed by atoms with van der Waals surface area (Å²) in [6.07, 6.45) is 3.28. The number of likely N-dealkylation sites (tertiary alicyclic amines) is 1. The topological polar surface area (TPSA) is 108 Å². The number of methoxy groups -OCH3 is 2. The van der Waals surface area contributed by atoms with Crippen LogP contribution in [0.1, 0.15) is 42.6 Å². The molecule has 10 nitrogen and oxygen atoms in total. The van der Waals surface area contributed by atoms with Crippen LogP contribution in [0, 0.1) is 0 Å². The van der Waals surface area contributed by atoms with E-state index in [0.717, 1.165) is 25.2 Å². The average molecular weight is 616 g/mol. The lowest BCUT2D eigenvalue weighted by molar-refractivity contribution is -0.141. The number of hydrogen-bond acceptors (Lipinski definition) is 8. The summed E-state index contributed by atoms with van der Waals surface area (Å²) in [5.74, 6) is 2.65. The molecule has 1 spiro atoms. The van der Waals surface area contributed by atoms with Gasteiger partial charge in [0, 0.05) is 56.2 Å². The largest absolute Gasteiger partial charge is 0.496 e. The normalized spacial score (nSPS) is 17.0. The lowest BCUT2D eigenvalue weighted by atomic mass is 9.89. The molecule has 2 amide bonds. The van der Waals surface area contributed by atoms with Crippen LogP contribution < -0.4 is 34.3 Å². The van der Waals surface area contributed by atoms with Gasteiger partial charge in [-0.3, -0.25) is 14.5 Å². The van der Waals surface area contributed by atoms with Crippen molar-refractivity contribution < 1.29 is 33.3 Å². The second-order valence-corrected chi connectivity index (χ2v) is 11.4. The fourth-order valence-corrected chi connectivity index (χ4v) is 5.34. The van der Waals surface area contributed by atoms with Crippen molar-refractivity contribution in [1.29, 1.82) is 0 Å². The molecule has 0 aromatic heterocycles. The van der Waals surface area contributed by atoms with Crippen molar-refractivity contribution in [1.82, 2.24) is 15.5 Å². The Morgan fingerprint density at radius 2 is 1.60 bits per heavy atom. The number of hydrogen-bond donors (Lipinski definition) is 2. The van der Waals surface area contributed by atoms with Gasteiger partial charge in [-0.05, 0) is 68.4 Å². The van der Waals surface area contributed by atoms with Gasteiger partial charge in [0.25, 0.3) is 11.8 Å². The van der Waals surface area contributed by atoms with E-state index in [1.54, 1.807) is 49.6 Å². The SMILES string of the molecule is COc1cc2ccc1CNC(=O)C1(CCN(CC=C(C)C)CC1)Oc1ccc(cc1)OCCNC(=O)c1ccc(OC)c(c1)O2. The Labute approximate surface area is 264 Å². The van der Waals surface area contributed by atoms with E-state index in [-0.39, 0.29) is 25.0 Å². The number of rotatable bonds is 4. The first kappa shape index (κ1) is 31.7. The van der Waals surface area contributed by atoms with Gasteiger partial charge < -0.3 is 34.3 Å². The Morgan fingerprint density at radius 1 is 0.889 bits per heavy atom. The molecule has 10 heteroatoms. The zero-order valence-electron chi connectivity index (χ0n) is 26.3. The monoisotopic (exact) mass is 615 g/mol. The van der Waals surface area contributed by atoms with E-state index < -0.39 is 5.60 Å². The zero-order valence-corrected chi connectivity index (χ0v) is 26.3. The van der Waals surface area contributed by atoms with Crippen molar-refractivity contribution in [3.8, 4) is 34.5 Å². The number of ether oxygens (including phenoxy) is 5. The molecule has 3 aromatic rings. The highest BCUT2D eigenvalue weighted by Crippen LogP contribution is 2.35. The molecular formula is C35H41N3O7. The van der Waals surface area contributed by atoms with Crippen LogP contribution in [0.25, 0.3) is 0 Å². The van der Waals surface area contributed by atoms with Gasteiger partial charge in [-0.1, -0.05) is 11.6 Å². The second-order valence-electron chi connectivity index (χ2n) is 11.4. The molecule has 6 bridgehead atoms. The number of benzene rings is 3. The van der Waals surface area contributed by atoms with Crippen LogP contribution in [0.15, 0.2) is 72.3 Å². The molecule has 2 N–H and O–H groups in total. The molecule has 0 aliphatic carbocycles. The molecule has 0 radical (unpaired) electrons. The highest BCUT2D eigenvalue weighted by molar-refractivity contribution is 5.95. The molecule has 0 unspecified atom stereocenters. The first-order chi connectivity index (χ1) is 21.8.